The molecule has 0 amide bonds. The van der Waals surface area contributed by atoms with E-state index in [0.29, 0.717) is 6.04 Å². The smallest absolute Gasteiger partial charge is 0.182 e. The third-order valence-corrected chi connectivity index (χ3v) is 3.80. The lowest BCUT2D eigenvalue weighted by Gasteiger charge is -2.26. The van der Waals surface area contributed by atoms with E-state index in [2.05, 4.69) is 42.8 Å². The van der Waals surface area contributed by atoms with Gasteiger partial charge in [0, 0.05) is 18.8 Å². The number of fused-ring (bicyclic) bond motifs is 1. The molecular weight excluding hydrogens is 266 g/mol. The van der Waals surface area contributed by atoms with Crippen molar-refractivity contribution >= 4 is 21.4 Å². The van der Waals surface area contributed by atoms with Crippen LogP contribution < -0.4 is 5.32 Å². The van der Waals surface area contributed by atoms with Crippen LogP contribution in [0.15, 0.2) is 29.1 Å². The van der Waals surface area contributed by atoms with Crippen molar-refractivity contribution < 1.29 is 0 Å². The van der Waals surface area contributed by atoms with E-state index in [4.69, 9.17) is 0 Å². The van der Waals surface area contributed by atoms with Crippen molar-refractivity contribution in [1.82, 2.24) is 14.7 Å². The van der Waals surface area contributed by atoms with Gasteiger partial charge in [-0.3, -0.25) is 4.40 Å². The normalized spacial score (nSPS) is 16.6. The number of nitrogens with one attached hydrogen (secondary N) is 1. The second kappa shape index (κ2) is 4.18. The third kappa shape index (κ3) is 1.76. The van der Waals surface area contributed by atoms with Gasteiger partial charge < -0.3 is 5.32 Å². The number of halogens is 1. The predicted octanol–water partition coefficient (Wildman–Crippen LogP) is 2.74. The standard InChI is InChI=1S/C12H14BrN3/c13-12-15-10(8-14-9-4-3-5-9)11-6-1-2-7-16(11)12/h1-2,6-7,9,14H,3-5,8H2. The van der Waals surface area contributed by atoms with Crippen molar-refractivity contribution in [3.05, 3.63) is 34.8 Å². The summed E-state index contributed by atoms with van der Waals surface area (Å²) in [6.07, 6.45) is 6.02. The molecule has 1 fully saturated rings. The average Bonchev–Trinajstić information content (AvgIpc) is 2.55. The van der Waals surface area contributed by atoms with Crippen LogP contribution in [0.2, 0.25) is 0 Å². The molecule has 0 radical (unpaired) electrons. The molecule has 4 heteroatoms. The molecule has 0 unspecified atom stereocenters. The minimum atomic E-state index is 0.708. The summed E-state index contributed by atoms with van der Waals surface area (Å²) in [7, 11) is 0. The van der Waals surface area contributed by atoms with Crippen LogP contribution in [-0.4, -0.2) is 15.4 Å². The van der Waals surface area contributed by atoms with Gasteiger partial charge in [0.05, 0.1) is 11.2 Å². The summed E-state index contributed by atoms with van der Waals surface area (Å²) in [6, 6.07) is 6.88. The first-order chi connectivity index (χ1) is 7.84. The minimum absolute atomic E-state index is 0.708. The van der Waals surface area contributed by atoms with Crippen LogP contribution in [-0.2, 0) is 6.54 Å². The molecule has 0 aromatic carbocycles. The van der Waals surface area contributed by atoms with Crippen LogP contribution >= 0.6 is 15.9 Å². The van der Waals surface area contributed by atoms with Crippen molar-refractivity contribution in [3.63, 3.8) is 0 Å². The highest BCUT2D eigenvalue weighted by Crippen LogP contribution is 2.20. The molecule has 84 valence electrons. The number of pyridine rings is 1. The van der Waals surface area contributed by atoms with E-state index in [9.17, 15) is 0 Å². The lowest BCUT2D eigenvalue weighted by atomic mass is 9.93. The fourth-order valence-electron chi connectivity index (χ4n) is 2.05. The van der Waals surface area contributed by atoms with E-state index in [0.717, 1.165) is 17.0 Å². The largest absolute Gasteiger partial charge is 0.308 e. The Bertz CT molecular complexity index is 502. The highest BCUT2D eigenvalue weighted by Gasteiger charge is 2.17. The van der Waals surface area contributed by atoms with Gasteiger partial charge in [-0.05, 0) is 40.9 Å². The van der Waals surface area contributed by atoms with Gasteiger partial charge in [-0.1, -0.05) is 12.5 Å². The van der Waals surface area contributed by atoms with E-state index < -0.39 is 0 Å². The fourth-order valence-corrected chi connectivity index (χ4v) is 2.57. The topological polar surface area (TPSA) is 29.3 Å². The van der Waals surface area contributed by atoms with Gasteiger partial charge in [0.15, 0.2) is 4.73 Å². The zero-order valence-corrected chi connectivity index (χ0v) is 10.6. The van der Waals surface area contributed by atoms with E-state index in [1.807, 2.05) is 12.3 Å². The number of imidazole rings is 1. The molecule has 0 aliphatic heterocycles. The first-order valence-electron chi connectivity index (χ1n) is 5.69. The first-order valence-corrected chi connectivity index (χ1v) is 6.49. The predicted molar refractivity (Wildman–Crippen MR) is 67.4 cm³/mol. The summed E-state index contributed by atoms with van der Waals surface area (Å²) in [6.45, 7) is 0.865. The second-order valence-corrected chi connectivity index (χ2v) is 5.00. The Morgan fingerprint density at radius 1 is 1.44 bits per heavy atom. The zero-order chi connectivity index (χ0) is 11.0. The summed E-state index contributed by atoms with van der Waals surface area (Å²) < 4.78 is 2.95. The molecule has 0 atom stereocenters. The van der Waals surface area contributed by atoms with Crippen molar-refractivity contribution in [1.29, 1.82) is 0 Å². The number of hydrogen-bond acceptors (Lipinski definition) is 2. The molecule has 1 saturated carbocycles. The van der Waals surface area contributed by atoms with Crippen LogP contribution in [0.3, 0.4) is 0 Å². The Kier molecular flexibility index (Phi) is 2.69. The highest BCUT2D eigenvalue weighted by molar-refractivity contribution is 9.10. The lowest BCUT2D eigenvalue weighted by molar-refractivity contribution is 0.337. The van der Waals surface area contributed by atoms with Crippen LogP contribution in [0.4, 0.5) is 0 Å². The molecule has 1 N–H and O–H groups in total. The number of rotatable bonds is 3. The zero-order valence-electron chi connectivity index (χ0n) is 8.99. The molecule has 16 heavy (non-hydrogen) atoms. The Morgan fingerprint density at radius 2 is 2.31 bits per heavy atom. The quantitative estimate of drug-likeness (QED) is 0.936. The van der Waals surface area contributed by atoms with Gasteiger partial charge >= 0.3 is 0 Å². The van der Waals surface area contributed by atoms with Gasteiger partial charge in [0.2, 0.25) is 0 Å². The molecular formula is C12H14BrN3. The van der Waals surface area contributed by atoms with Gasteiger partial charge in [-0.25, -0.2) is 4.98 Å². The molecule has 2 heterocycles. The summed E-state index contributed by atoms with van der Waals surface area (Å²) in [5.74, 6) is 0. The Hall–Kier alpha value is -0.870. The molecule has 0 spiro atoms. The lowest BCUT2D eigenvalue weighted by Crippen LogP contribution is -2.34. The second-order valence-electron chi connectivity index (χ2n) is 4.29. The molecule has 1 aliphatic carbocycles. The van der Waals surface area contributed by atoms with E-state index in [1.54, 1.807) is 0 Å². The molecule has 0 saturated heterocycles. The van der Waals surface area contributed by atoms with Crippen LogP contribution in [0, 0.1) is 0 Å². The van der Waals surface area contributed by atoms with E-state index in [-0.39, 0.29) is 0 Å². The van der Waals surface area contributed by atoms with Gasteiger partial charge in [0.1, 0.15) is 0 Å². The third-order valence-electron chi connectivity index (χ3n) is 3.24. The van der Waals surface area contributed by atoms with Crippen LogP contribution in [0.25, 0.3) is 5.52 Å². The number of nitrogens with zero attached hydrogens (tertiary/aromatic N) is 2. The SMILES string of the molecule is Brc1nc(CNC2CCC2)c2ccccn12. The Balaban J connectivity index is 1.85. The maximum absolute atomic E-state index is 4.54. The van der Waals surface area contributed by atoms with Crippen molar-refractivity contribution in [3.8, 4) is 0 Å². The number of hydrogen-bond donors (Lipinski definition) is 1. The molecule has 2 aromatic heterocycles. The molecule has 1 aliphatic rings. The van der Waals surface area contributed by atoms with Crippen LogP contribution in [0.5, 0.6) is 0 Å². The molecule has 3 nitrogen and oxygen atoms in total. The summed E-state index contributed by atoms with van der Waals surface area (Å²) in [4.78, 5) is 4.54. The van der Waals surface area contributed by atoms with Gasteiger partial charge in [-0.15, -0.1) is 0 Å². The van der Waals surface area contributed by atoms with Crippen molar-refractivity contribution in [2.24, 2.45) is 0 Å². The number of aromatic nitrogens is 2. The molecule has 3 rings (SSSR count). The average molecular weight is 280 g/mol. The van der Waals surface area contributed by atoms with Crippen LogP contribution in [0.1, 0.15) is 25.0 Å². The minimum Gasteiger partial charge on any atom is -0.308 e. The maximum Gasteiger partial charge on any atom is 0.182 e. The van der Waals surface area contributed by atoms with Crippen molar-refractivity contribution in [2.75, 3.05) is 0 Å². The molecule has 2 aromatic rings. The van der Waals surface area contributed by atoms with Gasteiger partial charge in [0.25, 0.3) is 0 Å². The van der Waals surface area contributed by atoms with Gasteiger partial charge in [-0.2, -0.15) is 0 Å². The first kappa shape index (κ1) is 10.3. The monoisotopic (exact) mass is 279 g/mol. The Labute approximate surface area is 103 Å². The fraction of sp³-hybridized carbons (Fsp3) is 0.417. The summed E-state index contributed by atoms with van der Waals surface area (Å²) in [5, 5.41) is 3.54. The molecule has 0 bridgehead atoms. The maximum atomic E-state index is 4.54. The summed E-state index contributed by atoms with van der Waals surface area (Å²) in [5.41, 5.74) is 2.31. The highest BCUT2D eigenvalue weighted by atomic mass is 79.9. The van der Waals surface area contributed by atoms with Crippen molar-refractivity contribution in [2.45, 2.75) is 31.8 Å². The van der Waals surface area contributed by atoms with E-state index in [1.165, 1.54) is 24.8 Å². The van der Waals surface area contributed by atoms with E-state index >= 15 is 0 Å². The summed E-state index contributed by atoms with van der Waals surface area (Å²) >= 11 is 3.48. The Morgan fingerprint density at radius 3 is 3.06 bits per heavy atom.